The van der Waals surface area contributed by atoms with E-state index in [9.17, 15) is 0 Å². The number of pyridine rings is 1. The molecule has 0 radical (unpaired) electrons. The average Bonchev–Trinajstić information content (AvgIpc) is 3.60. The highest BCUT2D eigenvalue weighted by atomic mass is 16.3. The van der Waals surface area contributed by atoms with E-state index in [1.54, 1.807) is 0 Å². The van der Waals surface area contributed by atoms with Gasteiger partial charge >= 0.3 is 0 Å². The highest BCUT2D eigenvalue weighted by molar-refractivity contribution is 6.20. The third-order valence-corrected chi connectivity index (χ3v) is 8.42. The molecule has 0 saturated carbocycles. The largest absolute Gasteiger partial charge is 0.456 e. The number of benzene rings is 6. The van der Waals surface area contributed by atoms with Gasteiger partial charge in [-0.1, -0.05) is 91.0 Å². The lowest BCUT2D eigenvalue weighted by Crippen LogP contribution is -1.95. The van der Waals surface area contributed by atoms with Crippen LogP contribution in [0.1, 0.15) is 0 Å². The Labute approximate surface area is 241 Å². The van der Waals surface area contributed by atoms with Gasteiger partial charge in [0.25, 0.3) is 0 Å². The highest BCUT2D eigenvalue weighted by Gasteiger charge is 2.17. The third-order valence-electron chi connectivity index (χ3n) is 8.42. The molecule has 0 atom stereocenters. The Morgan fingerprint density at radius 3 is 2.21 bits per heavy atom. The van der Waals surface area contributed by atoms with E-state index in [-0.39, 0.29) is 0 Å². The summed E-state index contributed by atoms with van der Waals surface area (Å²) >= 11 is 0. The summed E-state index contributed by atoms with van der Waals surface area (Å²) in [6.45, 7) is 0. The van der Waals surface area contributed by atoms with E-state index in [1.807, 2.05) is 24.4 Å². The zero-order valence-corrected chi connectivity index (χ0v) is 22.7. The topological polar surface area (TPSA) is 31.0 Å². The second-order valence-corrected chi connectivity index (χ2v) is 10.8. The summed E-state index contributed by atoms with van der Waals surface area (Å²) in [5, 5.41) is 5.78. The maximum atomic E-state index is 6.11. The van der Waals surface area contributed by atoms with Gasteiger partial charge in [-0.3, -0.25) is 4.98 Å². The fourth-order valence-electron chi connectivity index (χ4n) is 6.46. The minimum absolute atomic E-state index is 0.908. The van der Waals surface area contributed by atoms with Crippen LogP contribution in [0.5, 0.6) is 0 Å². The lowest BCUT2D eigenvalue weighted by Gasteiger charge is -2.11. The van der Waals surface area contributed by atoms with Crippen molar-refractivity contribution in [1.29, 1.82) is 0 Å². The summed E-state index contributed by atoms with van der Waals surface area (Å²) < 4.78 is 8.50. The van der Waals surface area contributed by atoms with Crippen molar-refractivity contribution < 1.29 is 4.42 Å². The number of fused-ring (bicyclic) bond motifs is 8. The van der Waals surface area contributed by atoms with Crippen molar-refractivity contribution in [3.63, 3.8) is 0 Å². The molecule has 0 amide bonds. The Morgan fingerprint density at radius 2 is 1.26 bits per heavy atom. The van der Waals surface area contributed by atoms with Crippen LogP contribution in [-0.4, -0.2) is 9.55 Å². The van der Waals surface area contributed by atoms with E-state index in [2.05, 4.69) is 126 Å². The molecule has 0 spiro atoms. The summed E-state index contributed by atoms with van der Waals surface area (Å²) in [6.07, 6.45) is 1.89. The van der Waals surface area contributed by atoms with Crippen molar-refractivity contribution in [2.45, 2.75) is 0 Å². The second-order valence-electron chi connectivity index (χ2n) is 10.8. The fraction of sp³-hybridized carbons (Fsp3) is 0. The van der Waals surface area contributed by atoms with Crippen molar-refractivity contribution in [3.8, 4) is 27.9 Å². The van der Waals surface area contributed by atoms with Crippen LogP contribution in [-0.2, 0) is 0 Å². The molecule has 0 saturated heterocycles. The molecule has 3 aromatic heterocycles. The van der Waals surface area contributed by atoms with Gasteiger partial charge in [0.1, 0.15) is 11.2 Å². The number of furan rings is 1. The van der Waals surface area contributed by atoms with Crippen LogP contribution < -0.4 is 0 Å². The number of para-hydroxylation sites is 1. The number of hydrogen-bond donors (Lipinski definition) is 0. The van der Waals surface area contributed by atoms with E-state index in [4.69, 9.17) is 9.40 Å². The first-order chi connectivity index (χ1) is 20.8. The van der Waals surface area contributed by atoms with Crippen LogP contribution in [0, 0.1) is 0 Å². The maximum absolute atomic E-state index is 6.11. The molecule has 3 heterocycles. The molecule has 9 aromatic rings. The lowest BCUT2D eigenvalue weighted by molar-refractivity contribution is 0.669. The fourth-order valence-corrected chi connectivity index (χ4v) is 6.46. The zero-order valence-electron chi connectivity index (χ0n) is 22.7. The Hall–Kier alpha value is -5.67. The van der Waals surface area contributed by atoms with Gasteiger partial charge in [-0.15, -0.1) is 0 Å². The summed E-state index contributed by atoms with van der Waals surface area (Å²) in [4.78, 5) is 4.85. The van der Waals surface area contributed by atoms with Crippen LogP contribution in [0.3, 0.4) is 0 Å². The molecule has 0 fully saturated rings. The molecule has 0 unspecified atom stereocenters. The molecule has 0 bridgehead atoms. The number of aromatic nitrogens is 2. The smallest absolute Gasteiger partial charge is 0.135 e. The third kappa shape index (κ3) is 3.44. The molecule has 0 aliphatic carbocycles. The van der Waals surface area contributed by atoms with Crippen molar-refractivity contribution in [1.82, 2.24) is 9.55 Å². The van der Waals surface area contributed by atoms with Crippen molar-refractivity contribution >= 4 is 54.6 Å². The molecule has 196 valence electrons. The first-order valence-electron chi connectivity index (χ1n) is 14.2. The molecule has 3 nitrogen and oxygen atoms in total. The van der Waals surface area contributed by atoms with Crippen LogP contribution in [0.25, 0.3) is 82.6 Å². The number of nitrogens with zero attached hydrogens (tertiary/aromatic N) is 2. The van der Waals surface area contributed by atoms with Crippen molar-refractivity contribution in [2.24, 2.45) is 0 Å². The van der Waals surface area contributed by atoms with E-state index >= 15 is 0 Å². The molecular formula is C39H24N2O. The first kappa shape index (κ1) is 23.1. The summed E-state index contributed by atoms with van der Waals surface area (Å²) in [6, 6.07) is 49.5. The monoisotopic (exact) mass is 536 g/mol. The number of hydrogen-bond acceptors (Lipinski definition) is 2. The normalized spacial score (nSPS) is 11.8. The van der Waals surface area contributed by atoms with Crippen molar-refractivity contribution in [3.05, 3.63) is 146 Å². The minimum Gasteiger partial charge on any atom is -0.456 e. The first-order valence-corrected chi connectivity index (χ1v) is 14.2. The number of rotatable bonds is 3. The average molecular weight is 537 g/mol. The van der Waals surface area contributed by atoms with Gasteiger partial charge in [0, 0.05) is 38.8 Å². The SMILES string of the molecule is c1ccc(-c2cccc(-n3c4cc(-c5ccc6oc7ccccc7c6c5)ccc4c4c5ncccc5ccc43)c2)cc1. The second kappa shape index (κ2) is 8.92. The Kier molecular flexibility index (Phi) is 4.90. The molecular weight excluding hydrogens is 512 g/mol. The van der Waals surface area contributed by atoms with Gasteiger partial charge in [-0.25, -0.2) is 0 Å². The van der Waals surface area contributed by atoms with Crippen molar-refractivity contribution in [2.75, 3.05) is 0 Å². The van der Waals surface area contributed by atoms with Crippen LogP contribution in [0.2, 0.25) is 0 Å². The summed E-state index contributed by atoms with van der Waals surface area (Å²) in [5.74, 6) is 0. The predicted octanol–water partition coefficient (Wildman–Crippen LogP) is 10.6. The van der Waals surface area contributed by atoms with Gasteiger partial charge in [-0.05, 0) is 70.8 Å². The predicted molar refractivity (Wildman–Crippen MR) is 174 cm³/mol. The van der Waals surface area contributed by atoms with E-state index in [0.29, 0.717) is 0 Å². The standard InChI is InChI=1S/C39H24N2O/c1-2-8-25(9-3-1)27-10-6-12-30(22-27)41-34-19-16-26-11-7-21-40-39(26)38(34)32-18-15-29(24-35(32)41)28-17-20-37-33(23-28)31-13-4-5-14-36(31)42-37/h1-24H. The van der Waals surface area contributed by atoms with Crippen LogP contribution in [0.4, 0.5) is 0 Å². The zero-order chi connectivity index (χ0) is 27.6. The molecule has 0 N–H and O–H groups in total. The van der Waals surface area contributed by atoms with Gasteiger partial charge in [0.2, 0.25) is 0 Å². The maximum Gasteiger partial charge on any atom is 0.135 e. The Morgan fingerprint density at radius 1 is 0.476 bits per heavy atom. The Balaban J connectivity index is 1.33. The molecule has 0 aliphatic rings. The lowest BCUT2D eigenvalue weighted by atomic mass is 10.0. The van der Waals surface area contributed by atoms with Gasteiger partial charge in [0.05, 0.1) is 16.6 Å². The van der Waals surface area contributed by atoms with E-state index < -0.39 is 0 Å². The van der Waals surface area contributed by atoms with E-state index in [1.165, 1.54) is 21.9 Å². The van der Waals surface area contributed by atoms with Gasteiger partial charge in [0.15, 0.2) is 0 Å². The Bertz CT molecular complexity index is 2470. The van der Waals surface area contributed by atoms with Crippen LogP contribution in [0.15, 0.2) is 150 Å². The van der Waals surface area contributed by atoms with Gasteiger partial charge < -0.3 is 8.98 Å². The molecule has 3 heteroatoms. The molecule has 42 heavy (non-hydrogen) atoms. The van der Waals surface area contributed by atoms with E-state index in [0.717, 1.165) is 60.7 Å². The summed E-state index contributed by atoms with van der Waals surface area (Å²) in [5.41, 5.74) is 11.0. The quantitative estimate of drug-likeness (QED) is 0.225. The van der Waals surface area contributed by atoms with Crippen LogP contribution >= 0.6 is 0 Å². The summed E-state index contributed by atoms with van der Waals surface area (Å²) in [7, 11) is 0. The molecule has 9 rings (SSSR count). The van der Waals surface area contributed by atoms with Gasteiger partial charge in [-0.2, -0.15) is 0 Å². The molecule has 0 aliphatic heterocycles. The minimum atomic E-state index is 0.908. The molecule has 6 aromatic carbocycles. The highest BCUT2D eigenvalue weighted by Crippen LogP contribution is 2.39.